The summed E-state index contributed by atoms with van der Waals surface area (Å²) in [6.07, 6.45) is 10.3. The van der Waals surface area contributed by atoms with Crippen molar-refractivity contribution in [1.29, 1.82) is 0 Å². The Bertz CT molecular complexity index is 1110. The molecule has 8 nitrogen and oxygen atoms in total. The molecule has 0 radical (unpaired) electrons. The third-order valence-corrected chi connectivity index (χ3v) is 7.93. The normalized spacial score (nSPS) is 19.5. The topological polar surface area (TPSA) is 113 Å². The molecule has 9 heteroatoms. The molecule has 1 atom stereocenters. The molecular formula is C25H33N7OS. The van der Waals surface area contributed by atoms with E-state index in [1.165, 1.54) is 43.4 Å². The molecule has 4 N–H and O–H groups in total. The highest BCUT2D eigenvalue weighted by Gasteiger charge is 2.24. The Balaban J connectivity index is 1.33. The first-order chi connectivity index (χ1) is 16.6. The molecule has 1 saturated heterocycles. The number of hydrogen-bond donors (Lipinski definition) is 3. The largest absolute Gasteiger partial charge is 0.395 e. The van der Waals surface area contributed by atoms with Gasteiger partial charge in [0.25, 0.3) is 0 Å². The van der Waals surface area contributed by atoms with Gasteiger partial charge in [-0.05, 0) is 56.8 Å². The predicted octanol–water partition coefficient (Wildman–Crippen LogP) is 4.25. The molecule has 1 aliphatic heterocycles. The Morgan fingerprint density at radius 2 is 1.94 bits per heavy atom. The summed E-state index contributed by atoms with van der Waals surface area (Å²) in [6, 6.07) is 6.75. The molecule has 3 aromatic heterocycles. The van der Waals surface area contributed by atoms with Gasteiger partial charge in [0.1, 0.15) is 10.8 Å². The van der Waals surface area contributed by atoms with Crippen molar-refractivity contribution in [3.63, 3.8) is 0 Å². The van der Waals surface area contributed by atoms with Crippen molar-refractivity contribution in [2.45, 2.75) is 70.5 Å². The highest BCUT2D eigenvalue weighted by atomic mass is 32.1. The summed E-state index contributed by atoms with van der Waals surface area (Å²) < 4.78 is 0. The zero-order valence-electron chi connectivity index (χ0n) is 19.7. The van der Waals surface area contributed by atoms with Crippen LogP contribution in [-0.2, 0) is 6.54 Å². The fourth-order valence-corrected chi connectivity index (χ4v) is 5.92. The summed E-state index contributed by atoms with van der Waals surface area (Å²) in [5, 5.41) is 13.9. The number of hydrogen-bond acceptors (Lipinski definition) is 9. The van der Waals surface area contributed by atoms with Gasteiger partial charge in [0, 0.05) is 30.5 Å². The van der Waals surface area contributed by atoms with Crippen LogP contribution in [0.1, 0.15) is 56.2 Å². The summed E-state index contributed by atoms with van der Waals surface area (Å²) in [5.74, 6) is 1.14. The van der Waals surface area contributed by atoms with Crippen LogP contribution in [0.3, 0.4) is 0 Å². The summed E-state index contributed by atoms with van der Waals surface area (Å²) >= 11 is 1.51. The molecule has 2 aliphatic rings. The van der Waals surface area contributed by atoms with Crippen LogP contribution in [0, 0.1) is 6.92 Å². The third-order valence-electron chi connectivity index (χ3n) is 6.82. The Hall–Kier alpha value is -2.62. The first kappa shape index (κ1) is 23.1. The second-order valence-electron chi connectivity index (χ2n) is 9.43. The lowest BCUT2D eigenvalue weighted by Crippen LogP contribution is -2.31. The van der Waals surface area contributed by atoms with Gasteiger partial charge in [-0.2, -0.15) is 0 Å². The Kier molecular flexibility index (Phi) is 7.03. The van der Waals surface area contributed by atoms with E-state index in [9.17, 15) is 5.11 Å². The smallest absolute Gasteiger partial charge is 0.223 e. The molecule has 0 bridgehead atoms. The van der Waals surface area contributed by atoms with Crippen LogP contribution in [0.4, 0.5) is 11.8 Å². The van der Waals surface area contributed by atoms with Crippen LogP contribution >= 0.6 is 11.3 Å². The minimum Gasteiger partial charge on any atom is -0.395 e. The summed E-state index contributed by atoms with van der Waals surface area (Å²) in [6.45, 7) is 4.03. The van der Waals surface area contributed by atoms with E-state index < -0.39 is 0 Å². The van der Waals surface area contributed by atoms with Gasteiger partial charge in [0.15, 0.2) is 0 Å². The molecule has 4 heterocycles. The lowest BCUT2D eigenvalue weighted by molar-refractivity contribution is 0.153. The lowest BCUT2D eigenvalue weighted by Gasteiger charge is -2.23. The maximum Gasteiger partial charge on any atom is 0.223 e. The van der Waals surface area contributed by atoms with E-state index in [0.29, 0.717) is 17.8 Å². The van der Waals surface area contributed by atoms with Crippen LogP contribution < -0.4 is 11.1 Å². The minimum absolute atomic E-state index is 0.215. The SMILES string of the molecule is Cc1cc(-c2sc(-c3ccc(CN4CCCC4CO)cn3)nc2N)nc(NC2CCCCC2)n1. The summed E-state index contributed by atoms with van der Waals surface area (Å²) in [5.41, 5.74) is 9.97. The Labute approximate surface area is 204 Å². The van der Waals surface area contributed by atoms with Gasteiger partial charge in [-0.25, -0.2) is 15.0 Å². The van der Waals surface area contributed by atoms with E-state index in [-0.39, 0.29) is 12.6 Å². The monoisotopic (exact) mass is 479 g/mol. The zero-order valence-corrected chi connectivity index (χ0v) is 20.5. The molecular weight excluding hydrogens is 446 g/mol. The molecule has 1 unspecified atom stereocenters. The van der Waals surface area contributed by atoms with Crippen LogP contribution in [0.5, 0.6) is 0 Å². The minimum atomic E-state index is 0.215. The molecule has 3 aromatic rings. The van der Waals surface area contributed by atoms with Crippen LogP contribution in [-0.4, -0.2) is 55.2 Å². The van der Waals surface area contributed by atoms with Crippen molar-refractivity contribution in [2.75, 3.05) is 24.2 Å². The van der Waals surface area contributed by atoms with Gasteiger partial charge >= 0.3 is 0 Å². The highest BCUT2D eigenvalue weighted by molar-refractivity contribution is 7.18. The van der Waals surface area contributed by atoms with Gasteiger partial charge in [-0.15, -0.1) is 11.3 Å². The van der Waals surface area contributed by atoms with Crippen molar-refractivity contribution in [3.8, 4) is 21.3 Å². The number of thiazole rings is 1. The second-order valence-corrected chi connectivity index (χ2v) is 10.4. The highest BCUT2D eigenvalue weighted by Crippen LogP contribution is 2.36. The van der Waals surface area contributed by atoms with Crippen molar-refractivity contribution in [1.82, 2.24) is 24.8 Å². The molecule has 5 rings (SSSR count). The van der Waals surface area contributed by atoms with Gasteiger partial charge in [0.05, 0.1) is 22.9 Å². The number of nitrogens with one attached hydrogen (secondary N) is 1. The second kappa shape index (κ2) is 10.3. The average molecular weight is 480 g/mol. The van der Waals surface area contributed by atoms with Crippen molar-refractivity contribution < 1.29 is 5.11 Å². The molecule has 2 fully saturated rings. The molecule has 0 spiro atoms. The number of pyridine rings is 1. The maximum absolute atomic E-state index is 9.56. The number of nitrogen functional groups attached to an aromatic ring is 1. The van der Waals surface area contributed by atoms with Crippen molar-refractivity contribution >= 4 is 23.1 Å². The summed E-state index contributed by atoms with van der Waals surface area (Å²) in [4.78, 5) is 21.8. The average Bonchev–Trinajstić information content (AvgIpc) is 3.46. The number of likely N-dealkylation sites (tertiary alicyclic amines) is 1. The van der Waals surface area contributed by atoms with E-state index in [2.05, 4.69) is 31.2 Å². The number of aliphatic hydroxyl groups is 1. The van der Waals surface area contributed by atoms with E-state index >= 15 is 0 Å². The number of aryl methyl sites for hydroxylation is 1. The first-order valence-electron chi connectivity index (χ1n) is 12.3. The standard InChI is InChI=1S/C25H33N7OS/c1-16-12-21(30-25(28-16)29-18-6-3-2-4-7-18)22-23(26)31-24(34-22)20-10-9-17(13-27-20)14-32-11-5-8-19(32)15-33/h9-10,12-13,18-19,33H,2-8,11,14-15,26H2,1H3,(H,28,29,30). The Morgan fingerprint density at radius 3 is 2.71 bits per heavy atom. The van der Waals surface area contributed by atoms with Crippen LogP contribution in [0.2, 0.25) is 0 Å². The predicted molar refractivity (Wildman–Crippen MR) is 137 cm³/mol. The van der Waals surface area contributed by atoms with Crippen molar-refractivity contribution in [2.24, 2.45) is 0 Å². The molecule has 1 saturated carbocycles. The van der Waals surface area contributed by atoms with E-state index in [4.69, 9.17) is 10.7 Å². The quantitative estimate of drug-likeness (QED) is 0.461. The van der Waals surface area contributed by atoms with E-state index in [1.54, 1.807) is 0 Å². The molecule has 1 aliphatic carbocycles. The molecule has 34 heavy (non-hydrogen) atoms. The van der Waals surface area contributed by atoms with Crippen LogP contribution in [0.25, 0.3) is 21.3 Å². The molecule has 0 aromatic carbocycles. The summed E-state index contributed by atoms with van der Waals surface area (Å²) in [7, 11) is 0. The lowest BCUT2D eigenvalue weighted by atomic mass is 9.96. The van der Waals surface area contributed by atoms with E-state index in [1.807, 2.05) is 25.3 Å². The number of nitrogens with two attached hydrogens (primary N) is 1. The molecule has 180 valence electrons. The number of rotatable bonds is 7. The van der Waals surface area contributed by atoms with E-state index in [0.717, 1.165) is 58.5 Å². The maximum atomic E-state index is 9.56. The van der Waals surface area contributed by atoms with Gasteiger partial charge in [0.2, 0.25) is 5.95 Å². The van der Waals surface area contributed by atoms with Gasteiger partial charge < -0.3 is 16.2 Å². The Morgan fingerprint density at radius 1 is 1.09 bits per heavy atom. The molecule has 0 amide bonds. The van der Waals surface area contributed by atoms with Gasteiger partial charge in [-0.3, -0.25) is 9.88 Å². The zero-order chi connectivity index (χ0) is 23.5. The number of aliphatic hydroxyl groups excluding tert-OH is 1. The number of nitrogens with zero attached hydrogens (tertiary/aromatic N) is 5. The number of aromatic nitrogens is 4. The van der Waals surface area contributed by atoms with Crippen LogP contribution in [0.15, 0.2) is 24.4 Å². The fraction of sp³-hybridized carbons (Fsp3) is 0.520. The fourth-order valence-electron chi connectivity index (χ4n) is 4.99. The third kappa shape index (κ3) is 5.21. The van der Waals surface area contributed by atoms with Gasteiger partial charge in [-0.1, -0.05) is 25.3 Å². The van der Waals surface area contributed by atoms with Crippen molar-refractivity contribution in [3.05, 3.63) is 35.7 Å². The number of anilines is 2. The first-order valence-corrected chi connectivity index (χ1v) is 13.1.